The Morgan fingerprint density at radius 1 is 0.857 bits per heavy atom. The van der Waals surface area contributed by atoms with Gasteiger partial charge in [-0.05, 0) is 36.4 Å². The normalized spacial score (nSPS) is 11.6. The highest BCUT2D eigenvalue weighted by Crippen LogP contribution is 2.34. The average Bonchev–Trinajstić information content (AvgIpc) is 2.68. The summed E-state index contributed by atoms with van der Waals surface area (Å²) in [6, 6.07) is 9.63. The highest BCUT2D eigenvalue weighted by Gasteiger charge is 2.30. The second-order valence-corrected chi connectivity index (χ2v) is 6.09. The van der Waals surface area contributed by atoms with Gasteiger partial charge in [0.1, 0.15) is 22.9 Å². The molecule has 140 valence electrons. The summed E-state index contributed by atoms with van der Waals surface area (Å²) in [5, 5.41) is 1.01. The molecule has 0 N–H and O–H groups in total. The first-order chi connectivity index (χ1) is 13.4. The van der Waals surface area contributed by atoms with E-state index in [-0.39, 0.29) is 11.6 Å². The Labute approximate surface area is 161 Å². The van der Waals surface area contributed by atoms with Crippen LogP contribution in [-0.4, -0.2) is 19.9 Å². The molecule has 0 saturated carbocycles. The maximum atomic E-state index is 12.7. The van der Waals surface area contributed by atoms with Crippen molar-refractivity contribution in [3.05, 3.63) is 71.9 Å². The molecule has 0 spiro atoms. The van der Waals surface area contributed by atoms with Crippen LogP contribution in [0.3, 0.4) is 0 Å². The predicted octanol–water partition coefficient (Wildman–Crippen LogP) is 5.55. The molecule has 28 heavy (non-hydrogen) atoms. The molecule has 0 atom stereocenters. The van der Waals surface area contributed by atoms with E-state index in [1.165, 1.54) is 30.9 Å². The van der Waals surface area contributed by atoms with Crippen molar-refractivity contribution in [3.63, 3.8) is 0 Å². The van der Waals surface area contributed by atoms with Gasteiger partial charge < -0.3 is 4.74 Å². The molecule has 0 bridgehead atoms. The van der Waals surface area contributed by atoms with Gasteiger partial charge in [-0.25, -0.2) is 19.9 Å². The predicted molar refractivity (Wildman–Crippen MR) is 97.1 cm³/mol. The molecule has 0 unspecified atom stereocenters. The average molecular weight is 403 g/mol. The van der Waals surface area contributed by atoms with Crippen LogP contribution in [0.25, 0.3) is 22.2 Å². The van der Waals surface area contributed by atoms with E-state index in [2.05, 4.69) is 19.9 Å². The minimum Gasteiger partial charge on any atom is -0.437 e. The van der Waals surface area contributed by atoms with Crippen molar-refractivity contribution in [1.82, 2.24) is 19.9 Å². The molecule has 2 heterocycles. The molecule has 0 aliphatic heterocycles. The topological polar surface area (TPSA) is 60.8 Å². The number of hydrogen-bond donors (Lipinski definition) is 0. The van der Waals surface area contributed by atoms with E-state index in [1.54, 1.807) is 18.2 Å². The smallest absolute Gasteiger partial charge is 0.416 e. The summed E-state index contributed by atoms with van der Waals surface area (Å²) in [7, 11) is 0. The zero-order valence-electron chi connectivity index (χ0n) is 14.0. The molecule has 0 amide bonds. The van der Waals surface area contributed by atoms with Gasteiger partial charge in [0.15, 0.2) is 0 Å². The van der Waals surface area contributed by atoms with E-state index >= 15 is 0 Å². The fraction of sp³-hybridized carbons (Fsp3) is 0.0526. The largest absolute Gasteiger partial charge is 0.437 e. The summed E-state index contributed by atoms with van der Waals surface area (Å²) in [6.45, 7) is 0. The van der Waals surface area contributed by atoms with Crippen molar-refractivity contribution in [3.8, 4) is 22.9 Å². The zero-order valence-corrected chi connectivity index (χ0v) is 14.7. The SMILES string of the molecule is FC(F)(F)c1ccc(Oc2nccnc2-c2ccc3c(Cl)ncnc3c2)cc1. The molecule has 0 fully saturated rings. The number of benzene rings is 2. The molecule has 2 aromatic heterocycles. The summed E-state index contributed by atoms with van der Waals surface area (Å²) in [5.74, 6) is 0.364. The van der Waals surface area contributed by atoms with Crippen LogP contribution in [0.4, 0.5) is 13.2 Å². The molecule has 0 aliphatic rings. The summed E-state index contributed by atoms with van der Waals surface area (Å²) in [5.41, 5.74) is 0.935. The van der Waals surface area contributed by atoms with Crippen LogP contribution >= 0.6 is 11.6 Å². The minimum absolute atomic E-state index is 0.154. The summed E-state index contributed by atoms with van der Waals surface area (Å²) >= 11 is 6.05. The number of halogens is 4. The maximum Gasteiger partial charge on any atom is 0.416 e. The van der Waals surface area contributed by atoms with Crippen LogP contribution in [0.15, 0.2) is 61.2 Å². The maximum absolute atomic E-state index is 12.7. The van der Waals surface area contributed by atoms with Gasteiger partial charge >= 0.3 is 6.18 Å². The first-order valence-electron chi connectivity index (χ1n) is 7.98. The lowest BCUT2D eigenvalue weighted by atomic mass is 10.1. The van der Waals surface area contributed by atoms with Crippen LogP contribution in [-0.2, 0) is 6.18 Å². The molecule has 4 rings (SSSR count). The van der Waals surface area contributed by atoms with Crippen LogP contribution in [0, 0.1) is 0 Å². The lowest BCUT2D eigenvalue weighted by molar-refractivity contribution is -0.137. The number of fused-ring (bicyclic) bond motifs is 1. The van der Waals surface area contributed by atoms with Gasteiger partial charge in [-0.3, -0.25) is 0 Å². The first-order valence-corrected chi connectivity index (χ1v) is 8.36. The fourth-order valence-electron chi connectivity index (χ4n) is 2.59. The van der Waals surface area contributed by atoms with Gasteiger partial charge in [0.25, 0.3) is 0 Å². The lowest BCUT2D eigenvalue weighted by Crippen LogP contribution is -2.04. The van der Waals surface area contributed by atoms with Crippen LogP contribution in [0.2, 0.25) is 5.15 Å². The van der Waals surface area contributed by atoms with Gasteiger partial charge in [0.2, 0.25) is 5.88 Å². The van der Waals surface area contributed by atoms with Gasteiger partial charge in [-0.2, -0.15) is 13.2 Å². The highest BCUT2D eigenvalue weighted by molar-refractivity contribution is 6.34. The van der Waals surface area contributed by atoms with Crippen LogP contribution in [0.5, 0.6) is 11.6 Å². The number of nitrogens with zero attached hydrogens (tertiary/aromatic N) is 4. The fourth-order valence-corrected chi connectivity index (χ4v) is 2.80. The summed E-state index contributed by atoms with van der Waals surface area (Å²) < 4.78 is 43.8. The van der Waals surface area contributed by atoms with Gasteiger partial charge in [0, 0.05) is 23.3 Å². The Morgan fingerprint density at radius 3 is 2.36 bits per heavy atom. The molecular weight excluding hydrogens is 393 g/mol. The Balaban J connectivity index is 1.69. The molecule has 0 radical (unpaired) electrons. The monoisotopic (exact) mass is 402 g/mol. The summed E-state index contributed by atoms with van der Waals surface area (Å²) in [4.78, 5) is 16.6. The third kappa shape index (κ3) is 3.59. The van der Waals surface area contributed by atoms with Crippen molar-refractivity contribution >= 4 is 22.5 Å². The van der Waals surface area contributed by atoms with E-state index in [0.29, 0.717) is 27.3 Å². The highest BCUT2D eigenvalue weighted by atomic mass is 35.5. The second kappa shape index (κ2) is 7.05. The number of rotatable bonds is 3. The van der Waals surface area contributed by atoms with Crippen molar-refractivity contribution in [2.75, 3.05) is 0 Å². The van der Waals surface area contributed by atoms with E-state index in [1.807, 2.05) is 0 Å². The first kappa shape index (κ1) is 18.1. The minimum atomic E-state index is -4.41. The van der Waals surface area contributed by atoms with Crippen molar-refractivity contribution in [1.29, 1.82) is 0 Å². The van der Waals surface area contributed by atoms with E-state index < -0.39 is 11.7 Å². The van der Waals surface area contributed by atoms with Gasteiger partial charge in [0.05, 0.1) is 11.1 Å². The molecule has 0 saturated heterocycles. The van der Waals surface area contributed by atoms with Crippen molar-refractivity contribution in [2.45, 2.75) is 6.18 Å². The van der Waals surface area contributed by atoms with Gasteiger partial charge in [-0.15, -0.1) is 0 Å². The van der Waals surface area contributed by atoms with Crippen molar-refractivity contribution in [2.24, 2.45) is 0 Å². The van der Waals surface area contributed by atoms with E-state index in [0.717, 1.165) is 12.1 Å². The van der Waals surface area contributed by atoms with Crippen LogP contribution < -0.4 is 4.74 Å². The molecule has 0 aliphatic carbocycles. The molecular formula is C19H10ClF3N4O. The Hall–Kier alpha value is -3.26. The molecule has 5 nitrogen and oxygen atoms in total. The number of ether oxygens (including phenoxy) is 1. The van der Waals surface area contributed by atoms with E-state index in [9.17, 15) is 13.2 Å². The standard InChI is InChI=1S/C19H10ClF3N4O/c20-17-14-6-1-11(9-15(14)26-10-27-17)16-18(25-8-7-24-16)28-13-4-2-12(3-5-13)19(21,22)23/h1-10H. The third-order valence-electron chi connectivity index (χ3n) is 3.92. The Kier molecular flexibility index (Phi) is 4.56. The lowest BCUT2D eigenvalue weighted by Gasteiger charge is -2.11. The van der Waals surface area contributed by atoms with Gasteiger partial charge in [-0.1, -0.05) is 17.7 Å². The molecule has 4 aromatic rings. The molecule has 9 heteroatoms. The summed E-state index contributed by atoms with van der Waals surface area (Å²) in [6.07, 6.45) is -0.135. The molecule has 2 aromatic carbocycles. The number of alkyl halides is 3. The Morgan fingerprint density at radius 2 is 1.61 bits per heavy atom. The second-order valence-electron chi connectivity index (χ2n) is 5.73. The zero-order chi connectivity index (χ0) is 19.7. The third-order valence-corrected chi connectivity index (χ3v) is 4.22. The van der Waals surface area contributed by atoms with Crippen LogP contribution in [0.1, 0.15) is 5.56 Å². The quantitative estimate of drug-likeness (QED) is 0.420. The van der Waals surface area contributed by atoms with Crippen molar-refractivity contribution < 1.29 is 17.9 Å². The number of hydrogen-bond acceptors (Lipinski definition) is 5. The number of aromatic nitrogens is 4. The van der Waals surface area contributed by atoms with E-state index in [4.69, 9.17) is 16.3 Å². The Bertz CT molecular complexity index is 1150.